The number of benzene rings is 1. The van der Waals surface area contributed by atoms with Gasteiger partial charge in [0.15, 0.2) is 0 Å². The summed E-state index contributed by atoms with van der Waals surface area (Å²) in [7, 11) is 0. The first-order valence-corrected chi connectivity index (χ1v) is 9.04. The highest BCUT2D eigenvalue weighted by Gasteiger charge is 2.26. The Bertz CT molecular complexity index is 686. The van der Waals surface area contributed by atoms with Gasteiger partial charge in [-0.05, 0) is 48.1 Å². The molecule has 1 aromatic rings. The molecular weight excluding hydrogens is 335 g/mol. The van der Waals surface area contributed by atoms with E-state index in [9.17, 15) is 14.0 Å². The molecule has 0 saturated heterocycles. The summed E-state index contributed by atoms with van der Waals surface area (Å²) < 4.78 is 18.2. The Morgan fingerprint density at radius 1 is 1.42 bits per heavy atom. The van der Waals surface area contributed by atoms with Gasteiger partial charge in [-0.25, -0.2) is 4.39 Å². The SMILES string of the molecule is CC/C(=C/F)COc1ccc2c(c1)CCN(CC(=O)NCC(C)C)C2=O. The Morgan fingerprint density at radius 3 is 2.85 bits per heavy atom. The summed E-state index contributed by atoms with van der Waals surface area (Å²) >= 11 is 0. The number of rotatable bonds is 8. The number of hydrogen-bond donors (Lipinski definition) is 1. The molecule has 2 rings (SSSR count). The van der Waals surface area contributed by atoms with Crippen molar-refractivity contribution in [1.29, 1.82) is 0 Å². The van der Waals surface area contributed by atoms with Crippen molar-refractivity contribution in [2.24, 2.45) is 5.92 Å². The number of halogens is 1. The average Bonchev–Trinajstić information content (AvgIpc) is 2.63. The molecule has 1 aromatic carbocycles. The highest BCUT2D eigenvalue weighted by molar-refractivity contribution is 5.98. The number of carbonyl (C=O) groups excluding carboxylic acids is 2. The fourth-order valence-corrected chi connectivity index (χ4v) is 2.69. The molecule has 0 spiro atoms. The van der Waals surface area contributed by atoms with E-state index >= 15 is 0 Å². The van der Waals surface area contributed by atoms with Crippen LogP contribution in [0, 0.1) is 5.92 Å². The van der Waals surface area contributed by atoms with Crippen LogP contribution < -0.4 is 10.1 Å². The van der Waals surface area contributed by atoms with Gasteiger partial charge < -0.3 is 15.0 Å². The summed E-state index contributed by atoms with van der Waals surface area (Å²) in [6, 6.07) is 5.26. The van der Waals surface area contributed by atoms with Crippen LogP contribution >= 0.6 is 0 Å². The van der Waals surface area contributed by atoms with Crippen LogP contribution in [-0.2, 0) is 11.2 Å². The molecule has 26 heavy (non-hydrogen) atoms. The highest BCUT2D eigenvalue weighted by Crippen LogP contribution is 2.24. The van der Waals surface area contributed by atoms with Gasteiger partial charge in [0.05, 0.1) is 12.9 Å². The third kappa shape index (κ3) is 5.31. The first kappa shape index (κ1) is 19.9. The second kappa shape index (κ2) is 9.36. The van der Waals surface area contributed by atoms with Gasteiger partial charge in [-0.1, -0.05) is 20.8 Å². The van der Waals surface area contributed by atoms with Gasteiger partial charge in [0.2, 0.25) is 5.91 Å². The fourth-order valence-electron chi connectivity index (χ4n) is 2.69. The van der Waals surface area contributed by atoms with Gasteiger partial charge >= 0.3 is 0 Å². The van der Waals surface area contributed by atoms with Crippen LogP contribution in [0.3, 0.4) is 0 Å². The van der Waals surface area contributed by atoms with E-state index in [2.05, 4.69) is 5.32 Å². The van der Waals surface area contributed by atoms with Crippen molar-refractivity contribution in [1.82, 2.24) is 10.2 Å². The van der Waals surface area contributed by atoms with Crippen LogP contribution in [0.2, 0.25) is 0 Å². The molecule has 0 radical (unpaired) electrons. The molecular formula is C20H27FN2O3. The standard InChI is InChI=1S/C20H27FN2O3/c1-4-15(10-21)13-26-17-5-6-18-16(9-17)7-8-23(20(18)25)12-19(24)22-11-14(2)3/h5-6,9-10,14H,4,7-8,11-13H2,1-3H3,(H,22,24)/b15-10-. The minimum Gasteiger partial charge on any atom is -0.489 e. The molecule has 0 bridgehead atoms. The van der Waals surface area contributed by atoms with Crippen molar-refractivity contribution in [2.45, 2.75) is 33.6 Å². The minimum absolute atomic E-state index is 0.0738. The smallest absolute Gasteiger partial charge is 0.254 e. The number of ether oxygens (including phenoxy) is 1. The Labute approximate surface area is 154 Å². The predicted octanol–water partition coefficient (Wildman–Crippen LogP) is 3.10. The van der Waals surface area contributed by atoms with Crippen molar-refractivity contribution in [2.75, 3.05) is 26.2 Å². The lowest BCUT2D eigenvalue weighted by atomic mass is 9.98. The monoisotopic (exact) mass is 362 g/mol. The Morgan fingerprint density at radius 2 is 2.19 bits per heavy atom. The molecule has 0 atom stereocenters. The summed E-state index contributed by atoms with van der Waals surface area (Å²) in [5.74, 6) is 0.707. The van der Waals surface area contributed by atoms with Crippen LogP contribution in [0.25, 0.3) is 0 Å². The van der Waals surface area contributed by atoms with E-state index in [0.29, 0.717) is 55.1 Å². The molecule has 1 aliphatic heterocycles. The zero-order valence-electron chi connectivity index (χ0n) is 15.7. The lowest BCUT2D eigenvalue weighted by Gasteiger charge is -2.28. The van der Waals surface area contributed by atoms with Gasteiger partial charge in [-0.2, -0.15) is 0 Å². The third-order valence-electron chi connectivity index (χ3n) is 4.32. The summed E-state index contributed by atoms with van der Waals surface area (Å²) in [5, 5.41) is 2.83. The molecule has 1 aliphatic rings. The third-order valence-corrected chi connectivity index (χ3v) is 4.32. The maximum absolute atomic E-state index is 12.6. The fraction of sp³-hybridized carbons (Fsp3) is 0.500. The van der Waals surface area contributed by atoms with Crippen molar-refractivity contribution in [3.05, 3.63) is 41.2 Å². The van der Waals surface area contributed by atoms with E-state index in [0.717, 1.165) is 5.56 Å². The molecule has 142 valence electrons. The maximum Gasteiger partial charge on any atom is 0.254 e. The molecule has 1 N–H and O–H groups in total. The van der Waals surface area contributed by atoms with E-state index in [1.807, 2.05) is 26.8 Å². The molecule has 1 heterocycles. The van der Waals surface area contributed by atoms with Crippen molar-refractivity contribution >= 4 is 11.8 Å². The summed E-state index contributed by atoms with van der Waals surface area (Å²) in [5.41, 5.74) is 2.07. The van der Waals surface area contributed by atoms with Gasteiger partial charge in [-0.3, -0.25) is 9.59 Å². The minimum atomic E-state index is -0.143. The Hall–Kier alpha value is -2.37. The predicted molar refractivity (Wildman–Crippen MR) is 98.9 cm³/mol. The maximum atomic E-state index is 12.6. The van der Waals surface area contributed by atoms with E-state index in [1.165, 1.54) is 0 Å². The number of nitrogens with zero attached hydrogens (tertiary/aromatic N) is 1. The number of amides is 2. The topological polar surface area (TPSA) is 58.6 Å². The molecule has 0 saturated carbocycles. The van der Waals surface area contributed by atoms with Gasteiger partial charge in [0.1, 0.15) is 12.4 Å². The first-order chi connectivity index (χ1) is 12.4. The Balaban J connectivity index is 1.98. The molecule has 0 aromatic heterocycles. The number of carbonyl (C=O) groups is 2. The quantitative estimate of drug-likeness (QED) is 0.773. The molecule has 5 nitrogen and oxygen atoms in total. The zero-order valence-corrected chi connectivity index (χ0v) is 15.7. The van der Waals surface area contributed by atoms with E-state index < -0.39 is 0 Å². The summed E-state index contributed by atoms with van der Waals surface area (Å²) in [4.78, 5) is 26.1. The van der Waals surface area contributed by atoms with E-state index in [4.69, 9.17) is 4.74 Å². The van der Waals surface area contributed by atoms with Crippen LogP contribution in [0.1, 0.15) is 43.1 Å². The molecule has 0 fully saturated rings. The van der Waals surface area contributed by atoms with E-state index in [-0.39, 0.29) is 25.0 Å². The van der Waals surface area contributed by atoms with Crippen molar-refractivity contribution < 1.29 is 18.7 Å². The first-order valence-electron chi connectivity index (χ1n) is 9.04. The van der Waals surface area contributed by atoms with Gasteiger partial charge in [0.25, 0.3) is 5.91 Å². The molecule has 6 heteroatoms. The second-order valence-corrected chi connectivity index (χ2v) is 6.90. The summed E-state index contributed by atoms with van der Waals surface area (Å²) in [6.07, 6.45) is 1.83. The summed E-state index contributed by atoms with van der Waals surface area (Å²) in [6.45, 7) is 7.28. The number of hydrogen-bond acceptors (Lipinski definition) is 3. The van der Waals surface area contributed by atoms with Gasteiger partial charge in [0, 0.05) is 18.7 Å². The van der Waals surface area contributed by atoms with Crippen molar-refractivity contribution in [3.63, 3.8) is 0 Å². The van der Waals surface area contributed by atoms with Crippen LogP contribution in [0.5, 0.6) is 5.75 Å². The van der Waals surface area contributed by atoms with E-state index in [1.54, 1.807) is 17.0 Å². The second-order valence-electron chi connectivity index (χ2n) is 6.90. The largest absolute Gasteiger partial charge is 0.489 e. The normalized spacial score (nSPS) is 14.4. The lowest BCUT2D eigenvalue weighted by molar-refractivity contribution is -0.122. The zero-order chi connectivity index (χ0) is 19.1. The number of fused-ring (bicyclic) bond motifs is 1. The molecule has 0 aliphatic carbocycles. The molecule has 0 unspecified atom stereocenters. The van der Waals surface area contributed by atoms with Gasteiger partial charge in [-0.15, -0.1) is 0 Å². The Kier molecular flexibility index (Phi) is 7.18. The van der Waals surface area contributed by atoms with Crippen LogP contribution in [-0.4, -0.2) is 43.0 Å². The van der Waals surface area contributed by atoms with Crippen LogP contribution in [0.15, 0.2) is 30.1 Å². The highest BCUT2D eigenvalue weighted by atomic mass is 19.1. The number of nitrogens with one attached hydrogen (secondary N) is 1. The average molecular weight is 362 g/mol. The molecule has 2 amide bonds. The van der Waals surface area contributed by atoms with Crippen LogP contribution in [0.4, 0.5) is 4.39 Å². The lowest BCUT2D eigenvalue weighted by Crippen LogP contribution is -2.44. The van der Waals surface area contributed by atoms with Crippen molar-refractivity contribution in [3.8, 4) is 5.75 Å².